The fraction of sp³-hybridized carbons (Fsp3) is 0.333. The average Bonchev–Trinajstić information content (AvgIpc) is 2.81. The number of carbonyl (C=O) groups excluding carboxylic acids is 1. The maximum atomic E-state index is 12.6. The predicted octanol–water partition coefficient (Wildman–Crippen LogP) is 3.45. The average molecular weight is 273 g/mol. The van der Waals surface area contributed by atoms with Crippen LogP contribution in [-0.2, 0) is 6.18 Å². The van der Waals surface area contributed by atoms with E-state index in [0.717, 1.165) is 0 Å². The zero-order valence-corrected chi connectivity index (χ0v) is 10.2. The third kappa shape index (κ3) is 2.27. The van der Waals surface area contributed by atoms with E-state index in [-0.39, 0.29) is 34.6 Å². The zero-order valence-electron chi connectivity index (χ0n) is 10.2. The SMILES string of the molecule is CCC(=O)c1ccc(OC)c2oc(C(F)(F)F)nc12. The van der Waals surface area contributed by atoms with Gasteiger partial charge in [0, 0.05) is 12.0 Å². The number of hydrogen-bond donors (Lipinski definition) is 0. The highest BCUT2D eigenvalue weighted by atomic mass is 19.4. The first-order chi connectivity index (χ1) is 8.88. The Hall–Kier alpha value is -2.05. The Morgan fingerprint density at radius 3 is 2.63 bits per heavy atom. The molecule has 0 aliphatic heterocycles. The van der Waals surface area contributed by atoms with Crippen LogP contribution in [0.4, 0.5) is 13.2 Å². The first kappa shape index (κ1) is 13.4. The Kier molecular flexibility index (Phi) is 3.21. The number of benzene rings is 1. The predicted molar refractivity (Wildman–Crippen MR) is 60.2 cm³/mol. The topological polar surface area (TPSA) is 52.3 Å². The van der Waals surface area contributed by atoms with Crippen LogP contribution in [0.5, 0.6) is 5.75 Å². The second-order valence-corrected chi connectivity index (χ2v) is 3.79. The lowest BCUT2D eigenvalue weighted by Crippen LogP contribution is -2.05. The quantitative estimate of drug-likeness (QED) is 0.804. The van der Waals surface area contributed by atoms with E-state index in [2.05, 4.69) is 9.40 Å². The molecule has 0 unspecified atom stereocenters. The van der Waals surface area contributed by atoms with Crippen LogP contribution < -0.4 is 4.74 Å². The van der Waals surface area contributed by atoms with E-state index in [4.69, 9.17) is 4.74 Å². The molecule has 0 saturated heterocycles. The summed E-state index contributed by atoms with van der Waals surface area (Å²) in [6.07, 6.45) is -4.55. The first-order valence-electron chi connectivity index (χ1n) is 5.46. The molecule has 2 aromatic rings. The minimum Gasteiger partial charge on any atom is -0.493 e. The molecule has 1 aromatic heterocycles. The fourth-order valence-corrected chi connectivity index (χ4v) is 1.68. The molecule has 0 spiro atoms. The number of ether oxygens (including phenoxy) is 1. The minimum atomic E-state index is -4.71. The molecule has 0 fully saturated rings. The number of halogens is 3. The molecular weight excluding hydrogens is 263 g/mol. The highest BCUT2D eigenvalue weighted by molar-refractivity contribution is 6.06. The lowest BCUT2D eigenvalue weighted by atomic mass is 10.1. The second-order valence-electron chi connectivity index (χ2n) is 3.79. The van der Waals surface area contributed by atoms with E-state index in [9.17, 15) is 18.0 Å². The summed E-state index contributed by atoms with van der Waals surface area (Å²) in [6.45, 7) is 1.61. The van der Waals surface area contributed by atoms with Crippen molar-refractivity contribution in [3.05, 3.63) is 23.6 Å². The number of alkyl halides is 3. The maximum Gasteiger partial charge on any atom is 0.468 e. The normalized spacial score (nSPS) is 11.8. The molecule has 1 heterocycles. The number of oxazole rings is 1. The molecule has 0 saturated carbocycles. The van der Waals surface area contributed by atoms with Gasteiger partial charge in [-0.25, -0.2) is 4.98 Å². The van der Waals surface area contributed by atoms with Crippen molar-refractivity contribution >= 4 is 16.9 Å². The number of aromatic nitrogens is 1. The van der Waals surface area contributed by atoms with Gasteiger partial charge in [-0.3, -0.25) is 4.79 Å². The summed E-state index contributed by atoms with van der Waals surface area (Å²) in [6, 6.07) is 2.77. The van der Waals surface area contributed by atoms with Crippen molar-refractivity contribution in [2.24, 2.45) is 0 Å². The van der Waals surface area contributed by atoms with Gasteiger partial charge in [0.1, 0.15) is 5.52 Å². The van der Waals surface area contributed by atoms with Crippen LogP contribution >= 0.6 is 0 Å². The lowest BCUT2D eigenvalue weighted by Gasteiger charge is -2.02. The summed E-state index contributed by atoms with van der Waals surface area (Å²) in [7, 11) is 1.30. The fourth-order valence-electron chi connectivity index (χ4n) is 1.68. The molecule has 0 atom stereocenters. The van der Waals surface area contributed by atoms with Crippen LogP contribution in [0.25, 0.3) is 11.1 Å². The number of rotatable bonds is 3. The van der Waals surface area contributed by atoms with Gasteiger partial charge in [0.05, 0.1) is 7.11 Å². The van der Waals surface area contributed by atoms with Crippen molar-refractivity contribution in [2.75, 3.05) is 7.11 Å². The number of carbonyl (C=O) groups is 1. The summed E-state index contributed by atoms with van der Waals surface area (Å²) < 4.78 is 47.4. The molecule has 19 heavy (non-hydrogen) atoms. The van der Waals surface area contributed by atoms with Gasteiger partial charge in [0.15, 0.2) is 17.1 Å². The lowest BCUT2D eigenvalue weighted by molar-refractivity contribution is -0.156. The van der Waals surface area contributed by atoms with Gasteiger partial charge in [-0.15, -0.1) is 0 Å². The molecule has 4 nitrogen and oxygen atoms in total. The zero-order chi connectivity index (χ0) is 14.2. The summed E-state index contributed by atoms with van der Waals surface area (Å²) in [5.74, 6) is -1.60. The number of methoxy groups -OCH3 is 1. The Bertz CT molecular complexity index is 631. The van der Waals surface area contributed by atoms with Gasteiger partial charge in [0.25, 0.3) is 0 Å². The summed E-state index contributed by atoms with van der Waals surface area (Å²) >= 11 is 0. The van der Waals surface area contributed by atoms with Crippen LogP contribution in [0.2, 0.25) is 0 Å². The molecule has 2 rings (SSSR count). The Labute approximate surface area is 106 Å². The van der Waals surface area contributed by atoms with E-state index < -0.39 is 12.1 Å². The molecule has 0 amide bonds. The van der Waals surface area contributed by atoms with E-state index >= 15 is 0 Å². The van der Waals surface area contributed by atoms with E-state index in [1.807, 2.05) is 0 Å². The molecule has 0 bridgehead atoms. The van der Waals surface area contributed by atoms with Crippen LogP contribution in [0, 0.1) is 0 Å². The van der Waals surface area contributed by atoms with Gasteiger partial charge < -0.3 is 9.15 Å². The van der Waals surface area contributed by atoms with Crippen molar-refractivity contribution < 1.29 is 27.1 Å². The van der Waals surface area contributed by atoms with Gasteiger partial charge >= 0.3 is 12.1 Å². The van der Waals surface area contributed by atoms with Crippen LogP contribution in [0.3, 0.4) is 0 Å². The van der Waals surface area contributed by atoms with Crippen molar-refractivity contribution in [3.8, 4) is 5.75 Å². The van der Waals surface area contributed by atoms with Gasteiger partial charge in [-0.1, -0.05) is 6.92 Å². The van der Waals surface area contributed by atoms with Crippen molar-refractivity contribution in [2.45, 2.75) is 19.5 Å². The second kappa shape index (κ2) is 4.56. The molecule has 7 heteroatoms. The van der Waals surface area contributed by atoms with Crippen molar-refractivity contribution in [1.29, 1.82) is 0 Å². The summed E-state index contributed by atoms with van der Waals surface area (Å²) in [5.41, 5.74) is -0.204. The third-order valence-electron chi connectivity index (χ3n) is 2.59. The van der Waals surface area contributed by atoms with Crippen LogP contribution in [0.15, 0.2) is 16.5 Å². The van der Waals surface area contributed by atoms with Gasteiger partial charge in [-0.05, 0) is 12.1 Å². The Morgan fingerprint density at radius 2 is 2.11 bits per heavy atom. The number of Topliss-reactive ketones (excluding diaryl/α,β-unsaturated/α-hetero) is 1. The van der Waals surface area contributed by atoms with Gasteiger partial charge in [-0.2, -0.15) is 13.2 Å². The number of ketones is 1. The molecular formula is C12H10F3NO3. The third-order valence-corrected chi connectivity index (χ3v) is 2.59. The summed E-state index contributed by atoms with van der Waals surface area (Å²) in [4.78, 5) is 15.1. The van der Waals surface area contributed by atoms with E-state index in [0.29, 0.717) is 0 Å². The molecule has 102 valence electrons. The van der Waals surface area contributed by atoms with Gasteiger partial charge in [0.2, 0.25) is 0 Å². The summed E-state index contributed by atoms with van der Waals surface area (Å²) in [5, 5.41) is 0. The smallest absolute Gasteiger partial charge is 0.468 e. The largest absolute Gasteiger partial charge is 0.493 e. The number of fused-ring (bicyclic) bond motifs is 1. The van der Waals surface area contributed by atoms with Crippen LogP contribution in [0.1, 0.15) is 29.6 Å². The monoisotopic (exact) mass is 273 g/mol. The maximum absolute atomic E-state index is 12.6. The number of nitrogens with zero attached hydrogens (tertiary/aromatic N) is 1. The highest BCUT2D eigenvalue weighted by Crippen LogP contribution is 2.36. The molecule has 1 aromatic carbocycles. The molecule has 0 N–H and O–H groups in total. The standard InChI is InChI=1S/C12H10F3NO3/c1-3-7(17)6-4-5-8(18-2)10-9(6)16-11(19-10)12(13,14)15/h4-5H,3H2,1-2H3. The van der Waals surface area contributed by atoms with Crippen molar-refractivity contribution in [3.63, 3.8) is 0 Å². The van der Waals surface area contributed by atoms with Crippen LogP contribution in [-0.4, -0.2) is 17.9 Å². The van der Waals surface area contributed by atoms with E-state index in [1.54, 1.807) is 6.92 Å². The molecule has 0 aliphatic carbocycles. The molecule has 0 radical (unpaired) electrons. The minimum absolute atomic E-state index is 0.0950. The first-order valence-corrected chi connectivity index (χ1v) is 5.46. The molecule has 0 aliphatic rings. The van der Waals surface area contributed by atoms with E-state index in [1.165, 1.54) is 19.2 Å². The Balaban J connectivity index is 2.74. The van der Waals surface area contributed by atoms with Crippen molar-refractivity contribution in [1.82, 2.24) is 4.98 Å². The Morgan fingerprint density at radius 1 is 1.42 bits per heavy atom. The highest BCUT2D eigenvalue weighted by Gasteiger charge is 2.38. The number of hydrogen-bond acceptors (Lipinski definition) is 4.